The summed E-state index contributed by atoms with van der Waals surface area (Å²) in [4.78, 5) is 11.2. The van der Waals surface area contributed by atoms with Gasteiger partial charge in [-0.1, -0.05) is 0 Å². The summed E-state index contributed by atoms with van der Waals surface area (Å²) in [5, 5.41) is 0. The van der Waals surface area contributed by atoms with Crippen molar-refractivity contribution >= 4 is 5.97 Å². The molecule has 0 aromatic heterocycles. The zero-order chi connectivity index (χ0) is 8.97. The van der Waals surface area contributed by atoms with E-state index in [0.29, 0.717) is 19.8 Å². The van der Waals surface area contributed by atoms with Crippen molar-refractivity contribution in [2.24, 2.45) is 0 Å². The van der Waals surface area contributed by atoms with Crippen LogP contribution in [-0.2, 0) is 19.0 Å². The average molecular weight is 174 g/mol. The van der Waals surface area contributed by atoms with Gasteiger partial charge >= 0.3 is 5.97 Å². The molecule has 1 rings (SSSR count). The highest BCUT2D eigenvalue weighted by atomic mass is 16.6. The number of carbonyl (C=O) groups excluding carboxylic acids is 1. The van der Waals surface area contributed by atoms with Crippen LogP contribution >= 0.6 is 0 Å². The molecule has 0 aromatic carbocycles. The molecule has 12 heavy (non-hydrogen) atoms. The number of hydrogen-bond donors (Lipinski definition) is 0. The molecule has 1 saturated heterocycles. The van der Waals surface area contributed by atoms with E-state index in [9.17, 15) is 4.79 Å². The molecule has 1 atom stereocenters. The number of ether oxygens (including phenoxy) is 3. The molecule has 0 aliphatic carbocycles. The number of rotatable bonds is 2. The first-order valence-electron chi connectivity index (χ1n) is 4.10. The van der Waals surface area contributed by atoms with Crippen LogP contribution < -0.4 is 0 Å². The Bertz CT molecular complexity index is 149. The van der Waals surface area contributed by atoms with Crippen molar-refractivity contribution in [3.8, 4) is 0 Å². The summed E-state index contributed by atoms with van der Waals surface area (Å²) in [5.41, 5.74) is 0. The standard InChI is InChI=1S/C8H14O4/c1-6(2)12-8(9)7-5-10-3-4-11-7/h6-7H,3-5H2,1-2H3. The molecule has 4 heteroatoms. The summed E-state index contributed by atoms with van der Waals surface area (Å²) in [5.74, 6) is -0.329. The summed E-state index contributed by atoms with van der Waals surface area (Å²) in [6.07, 6.45) is -0.621. The zero-order valence-corrected chi connectivity index (χ0v) is 7.41. The minimum atomic E-state index is -0.527. The lowest BCUT2D eigenvalue weighted by atomic mass is 10.3. The highest BCUT2D eigenvalue weighted by Gasteiger charge is 2.24. The first-order valence-corrected chi connectivity index (χ1v) is 4.10. The molecule has 0 aromatic rings. The summed E-state index contributed by atoms with van der Waals surface area (Å²) in [7, 11) is 0. The van der Waals surface area contributed by atoms with Gasteiger partial charge in [0.15, 0.2) is 6.10 Å². The minimum Gasteiger partial charge on any atom is -0.461 e. The summed E-state index contributed by atoms with van der Waals surface area (Å²) in [6.45, 7) is 4.96. The van der Waals surface area contributed by atoms with E-state index < -0.39 is 6.10 Å². The van der Waals surface area contributed by atoms with Gasteiger partial charge < -0.3 is 14.2 Å². The van der Waals surface area contributed by atoms with Crippen LogP contribution in [0.4, 0.5) is 0 Å². The fraction of sp³-hybridized carbons (Fsp3) is 0.875. The molecule has 1 aliphatic rings. The van der Waals surface area contributed by atoms with Gasteiger partial charge in [-0.05, 0) is 13.8 Å². The van der Waals surface area contributed by atoms with Crippen LogP contribution in [0, 0.1) is 0 Å². The van der Waals surface area contributed by atoms with Gasteiger partial charge in [-0.2, -0.15) is 0 Å². The van der Waals surface area contributed by atoms with E-state index in [4.69, 9.17) is 14.2 Å². The molecule has 0 amide bonds. The second kappa shape index (κ2) is 4.42. The second-order valence-corrected chi connectivity index (χ2v) is 2.92. The predicted octanol–water partition coefficient (Wildman–Crippen LogP) is 0.353. The molecule has 0 N–H and O–H groups in total. The lowest BCUT2D eigenvalue weighted by molar-refractivity contribution is -0.174. The van der Waals surface area contributed by atoms with Crippen molar-refractivity contribution in [1.82, 2.24) is 0 Å². The third-order valence-electron chi connectivity index (χ3n) is 1.43. The Morgan fingerprint density at radius 2 is 2.25 bits per heavy atom. The van der Waals surface area contributed by atoms with Gasteiger partial charge in [0, 0.05) is 0 Å². The molecule has 1 heterocycles. The normalized spacial score (nSPS) is 24.1. The van der Waals surface area contributed by atoms with E-state index in [1.165, 1.54) is 0 Å². The molecule has 1 unspecified atom stereocenters. The smallest absolute Gasteiger partial charge is 0.337 e. The minimum absolute atomic E-state index is 0.0944. The first-order chi connectivity index (χ1) is 5.70. The van der Waals surface area contributed by atoms with E-state index in [2.05, 4.69) is 0 Å². The summed E-state index contributed by atoms with van der Waals surface area (Å²) in [6, 6.07) is 0. The van der Waals surface area contributed by atoms with E-state index in [1.807, 2.05) is 13.8 Å². The van der Waals surface area contributed by atoms with Crippen LogP contribution in [0.2, 0.25) is 0 Å². The highest BCUT2D eigenvalue weighted by molar-refractivity contribution is 5.75. The Balaban J connectivity index is 2.30. The van der Waals surface area contributed by atoms with E-state index >= 15 is 0 Å². The lowest BCUT2D eigenvalue weighted by Gasteiger charge is -2.22. The van der Waals surface area contributed by atoms with Crippen LogP contribution in [0.1, 0.15) is 13.8 Å². The maximum absolute atomic E-state index is 11.2. The quantitative estimate of drug-likeness (QED) is 0.567. The predicted molar refractivity (Wildman–Crippen MR) is 41.8 cm³/mol. The maximum Gasteiger partial charge on any atom is 0.337 e. The molecule has 0 spiro atoms. The van der Waals surface area contributed by atoms with Crippen LogP contribution in [0.3, 0.4) is 0 Å². The van der Waals surface area contributed by atoms with Crippen molar-refractivity contribution < 1.29 is 19.0 Å². The fourth-order valence-corrected chi connectivity index (χ4v) is 0.932. The lowest BCUT2D eigenvalue weighted by Crippen LogP contribution is -2.37. The van der Waals surface area contributed by atoms with Crippen LogP contribution in [0.5, 0.6) is 0 Å². The Hall–Kier alpha value is -0.610. The van der Waals surface area contributed by atoms with Crippen LogP contribution in [0.15, 0.2) is 0 Å². The van der Waals surface area contributed by atoms with Crippen LogP contribution in [-0.4, -0.2) is 38.0 Å². The number of esters is 1. The van der Waals surface area contributed by atoms with E-state index in [-0.39, 0.29) is 12.1 Å². The molecule has 1 aliphatic heterocycles. The monoisotopic (exact) mass is 174 g/mol. The molecule has 1 fully saturated rings. The van der Waals surface area contributed by atoms with Crippen LogP contribution in [0.25, 0.3) is 0 Å². The molecule has 70 valence electrons. The van der Waals surface area contributed by atoms with E-state index in [1.54, 1.807) is 0 Å². The van der Waals surface area contributed by atoms with Crippen molar-refractivity contribution in [2.75, 3.05) is 19.8 Å². The first kappa shape index (κ1) is 9.48. The molecule has 0 bridgehead atoms. The Morgan fingerprint density at radius 1 is 1.50 bits per heavy atom. The van der Waals surface area contributed by atoms with Gasteiger partial charge in [0.1, 0.15) is 0 Å². The zero-order valence-electron chi connectivity index (χ0n) is 7.41. The summed E-state index contributed by atoms with van der Waals surface area (Å²) >= 11 is 0. The van der Waals surface area contributed by atoms with Gasteiger partial charge in [0.25, 0.3) is 0 Å². The average Bonchev–Trinajstić information content (AvgIpc) is 2.05. The Morgan fingerprint density at radius 3 is 2.75 bits per heavy atom. The van der Waals surface area contributed by atoms with Crippen molar-refractivity contribution in [3.63, 3.8) is 0 Å². The number of carbonyl (C=O) groups is 1. The van der Waals surface area contributed by atoms with Crippen molar-refractivity contribution in [1.29, 1.82) is 0 Å². The number of hydrogen-bond acceptors (Lipinski definition) is 4. The van der Waals surface area contributed by atoms with Gasteiger partial charge in [-0.25, -0.2) is 4.79 Å². The van der Waals surface area contributed by atoms with Gasteiger partial charge in [-0.3, -0.25) is 0 Å². The SMILES string of the molecule is CC(C)OC(=O)C1COCCO1. The van der Waals surface area contributed by atoms with Gasteiger partial charge in [0.2, 0.25) is 0 Å². The fourth-order valence-electron chi connectivity index (χ4n) is 0.932. The van der Waals surface area contributed by atoms with Crippen molar-refractivity contribution in [3.05, 3.63) is 0 Å². The van der Waals surface area contributed by atoms with Crippen molar-refractivity contribution in [2.45, 2.75) is 26.1 Å². The Labute approximate surface area is 71.8 Å². The summed E-state index contributed by atoms with van der Waals surface area (Å²) < 4.78 is 15.1. The second-order valence-electron chi connectivity index (χ2n) is 2.92. The Kier molecular flexibility index (Phi) is 3.49. The molecule has 4 nitrogen and oxygen atoms in total. The van der Waals surface area contributed by atoms with E-state index in [0.717, 1.165) is 0 Å². The van der Waals surface area contributed by atoms with Gasteiger partial charge in [-0.15, -0.1) is 0 Å². The topological polar surface area (TPSA) is 44.8 Å². The molecule has 0 saturated carbocycles. The largest absolute Gasteiger partial charge is 0.461 e. The highest BCUT2D eigenvalue weighted by Crippen LogP contribution is 2.04. The molecular formula is C8H14O4. The van der Waals surface area contributed by atoms with Gasteiger partial charge in [0.05, 0.1) is 25.9 Å². The third-order valence-corrected chi connectivity index (χ3v) is 1.43. The third kappa shape index (κ3) is 2.79. The molecular weight excluding hydrogens is 160 g/mol. The maximum atomic E-state index is 11.2. The molecule has 0 radical (unpaired) electrons.